The van der Waals surface area contributed by atoms with Crippen LogP contribution in [-0.4, -0.2) is 61.5 Å². The lowest BCUT2D eigenvalue weighted by atomic mass is 9.78. The second-order valence-corrected chi connectivity index (χ2v) is 6.85. The lowest BCUT2D eigenvalue weighted by Crippen LogP contribution is -2.51. The Kier molecular flexibility index (Phi) is 9.31. The number of hydrogen-bond donors (Lipinski definition) is 2. The van der Waals surface area contributed by atoms with Gasteiger partial charge in [-0.15, -0.1) is 24.8 Å². The van der Waals surface area contributed by atoms with Gasteiger partial charge in [0.1, 0.15) is 0 Å². The van der Waals surface area contributed by atoms with Crippen molar-refractivity contribution in [3.63, 3.8) is 0 Å². The minimum Gasteiger partial charge on any atom is -0.387 e. The van der Waals surface area contributed by atoms with Crippen molar-refractivity contribution in [1.29, 1.82) is 0 Å². The van der Waals surface area contributed by atoms with Gasteiger partial charge >= 0.3 is 0 Å². The Morgan fingerprint density at radius 3 is 2.67 bits per heavy atom. The lowest BCUT2D eigenvalue weighted by molar-refractivity contribution is -0.106. The maximum atomic E-state index is 11.2. The molecule has 0 aromatic heterocycles. The summed E-state index contributed by atoms with van der Waals surface area (Å²) in [7, 11) is 0. The van der Waals surface area contributed by atoms with Crippen LogP contribution in [0, 0.1) is 0 Å². The number of rotatable bonds is 4. The molecule has 0 amide bonds. The van der Waals surface area contributed by atoms with Gasteiger partial charge in [-0.25, -0.2) is 0 Å². The molecular formula is C17H27Cl3N2O2. The molecule has 0 radical (unpaired) electrons. The average Bonchev–Trinajstić information content (AvgIpc) is 2.54. The van der Waals surface area contributed by atoms with Gasteiger partial charge < -0.3 is 20.1 Å². The molecule has 2 saturated heterocycles. The molecule has 0 bridgehead atoms. The third-order valence-electron chi connectivity index (χ3n) is 4.80. The van der Waals surface area contributed by atoms with Gasteiger partial charge in [-0.2, -0.15) is 0 Å². The minimum absolute atomic E-state index is 0. The van der Waals surface area contributed by atoms with Crippen molar-refractivity contribution in [2.75, 3.05) is 45.9 Å². The number of benzene rings is 1. The molecule has 0 saturated carbocycles. The molecule has 2 heterocycles. The zero-order valence-corrected chi connectivity index (χ0v) is 16.1. The molecule has 2 atom stereocenters. The fourth-order valence-electron chi connectivity index (χ4n) is 3.54. The molecule has 4 nitrogen and oxygen atoms in total. The number of piperazine rings is 1. The zero-order chi connectivity index (χ0) is 15.4. The van der Waals surface area contributed by atoms with E-state index in [4.69, 9.17) is 16.3 Å². The molecule has 2 N–H and O–H groups in total. The highest BCUT2D eigenvalue weighted by molar-refractivity contribution is 6.30. The van der Waals surface area contributed by atoms with E-state index in [1.807, 2.05) is 18.2 Å². The van der Waals surface area contributed by atoms with Crippen molar-refractivity contribution in [2.24, 2.45) is 0 Å². The van der Waals surface area contributed by atoms with Crippen LogP contribution in [0.4, 0.5) is 0 Å². The van der Waals surface area contributed by atoms with Gasteiger partial charge in [0, 0.05) is 50.3 Å². The van der Waals surface area contributed by atoms with Crippen molar-refractivity contribution in [2.45, 2.75) is 24.4 Å². The second-order valence-electron chi connectivity index (χ2n) is 6.42. The van der Waals surface area contributed by atoms with E-state index in [-0.39, 0.29) is 30.7 Å². The van der Waals surface area contributed by atoms with Gasteiger partial charge in [-0.1, -0.05) is 23.7 Å². The van der Waals surface area contributed by atoms with E-state index in [1.54, 1.807) is 0 Å². The van der Waals surface area contributed by atoms with E-state index in [2.05, 4.69) is 16.3 Å². The molecule has 24 heavy (non-hydrogen) atoms. The predicted octanol–water partition coefficient (Wildman–Crippen LogP) is 2.71. The first-order chi connectivity index (χ1) is 10.7. The monoisotopic (exact) mass is 396 g/mol. The molecule has 0 aliphatic carbocycles. The number of nitrogens with zero attached hydrogens (tertiary/aromatic N) is 1. The van der Waals surface area contributed by atoms with E-state index >= 15 is 0 Å². The summed E-state index contributed by atoms with van der Waals surface area (Å²) >= 11 is 6.18. The normalized spacial score (nSPS) is 26.1. The Morgan fingerprint density at radius 2 is 2.04 bits per heavy atom. The Morgan fingerprint density at radius 1 is 1.29 bits per heavy atom. The van der Waals surface area contributed by atoms with Crippen LogP contribution < -0.4 is 5.32 Å². The molecule has 2 aliphatic rings. The maximum Gasteiger partial charge on any atom is 0.0961 e. The van der Waals surface area contributed by atoms with Crippen LogP contribution in [-0.2, 0) is 4.74 Å². The van der Waals surface area contributed by atoms with Crippen LogP contribution in [0.3, 0.4) is 0 Å². The minimum atomic E-state index is -0.798. The predicted molar refractivity (Wildman–Crippen MR) is 103 cm³/mol. The maximum absolute atomic E-state index is 11.2. The second kappa shape index (κ2) is 10.2. The van der Waals surface area contributed by atoms with E-state index in [0.29, 0.717) is 6.61 Å². The van der Waals surface area contributed by atoms with Crippen molar-refractivity contribution >= 4 is 36.4 Å². The molecule has 2 aliphatic heterocycles. The topological polar surface area (TPSA) is 44.7 Å². The number of halogens is 3. The summed E-state index contributed by atoms with van der Waals surface area (Å²) in [5.74, 6) is 0.0320. The molecule has 138 valence electrons. The highest BCUT2D eigenvalue weighted by Crippen LogP contribution is 2.36. The summed E-state index contributed by atoms with van der Waals surface area (Å²) in [5, 5.41) is 15.3. The van der Waals surface area contributed by atoms with Crippen molar-refractivity contribution in [1.82, 2.24) is 10.2 Å². The molecule has 3 rings (SSSR count). The smallest absolute Gasteiger partial charge is 0.0961 e. The summed E-state index contributed by atoms with van der Waals surface area (Å²) in [4.78, 5) is 2.43. The van der Waals surface area contributed by atoms with Crippen LogP contribution in [0.2, 0.25) is 5.02 Å². The van der Waals surface area contributed by atoms with Crippen LogP contribution in [0.1, 0.15) is 24.3 Å². The third-order valence-corrected chi connectivity index (χ3v) is 5.04. The number of hydrogen-bond acceptors (Lipinski definition) is 4. The molecular weight excluding hydrogens is 371 g/mol. The van der Waals surface area contributed by atoms with E-state index in [1.165, 1.54) is 0 Å². The first-order valence-corrected chi connectivity index (χ1v) is 8.54. The first kappa shape index (κ1) is 22.0. The van der Waals surface area contributed by atoms with Crippen molar-refractivity contribution in [3.8, 4) is 0 Å². The third kappa shape index (κ3) is 5.46. The van der Waals surface area contributed by atoms with Crippen LogP contribution in [0.25, 0.3) is 0 Å². The molecule has 1 aromatic rings. The van der Waals surface area contributed by atoms with E-state index < -0.39 is 5.60 Å². The Hall–Kier alpha value is -0.0700. The van der Waals surface area contributed by atoms with Gasteiger partial charge in [-0.05, 0) is 30.5 Å². The fourth-order valence-corrected chi connectivity index (χ4v) is 3.74. The molecule has 2 unspecified atom stereocenters. The standard InChI is InChI=1S/C17H25ClN2O2.2ClH/c18-15-4-1-3-14(11-15)16(12-20-8-6-19-7-9-20)17(21)5-2-10-22-13-17;;/h1,3-4,11,16,19,21H,2,5-10,12-13H2;2*1H. The zero-order valence-electron chi connectivity index (χ0n) is 13.7. The Balaban J connectivity index is 0.00000144. The molecule has 2 fully saturated rings. The molecule has 7 heteroatoms. The number of nitrogens with one attached hydrogen (secondary N) is 1. The summed E-state index contributed by atoms with van der Waals surface area (Å²) in [5.41, 5.74) is 0.312. The van der Waals surface area contributed by atoms with Crippen LogP contribution in [0.15, 0.2) is 24.3 Å². The Bertz CT molecular complexity index is 492. The van der Waals surface area contributed by atoms with Crippen molar-refractivity contribution in [3.05, 3.63) is 34.9 Å². The van der Waals surface area contributed by atoms with Gasteiger partial charge in [0.2, 0.25) is 0 Å². The average molecular weight is 398 g/mol. The number of ether oxygens (including phenoxy) is 1. The summed E-state index contributed by atoms with van der Waals surface area (Å²) in [6.45, 7) is 6.08. The van der Waals surface area contributed by atoms with Gasteiger partial charge in [0.15, 0.2) is 0 Å². The largest absolute Gasteiger partial charge is 0.387 e. The quantitative estimate of drug-likeness (QED) is 0.820. The first-order valence-electron chi connectivity index (χ1n) is 8.16. The highest BCUT2D eigenvalue weighted by Gasteiger charge is 2.40. The molecule has 0 spiro atoms. The van der Waals surface area contributed by atoms with E-state index in [9.17, 15) is 5.11 Å². The SMILES string of the molecule is Cl.Cl.OC1(C(CN2CCNCC2)c2cccc(Cl)c2)CCCOC1. The summed E-state index contributed by atoms with van der Waals surface area (Å²) in [6, 6.07) is 7.91. The molecule has 1 aromatic carbocycles. The highest BCUT2D eigenvalue weighted by atomic mass is 35.5. The fraction of sp³-hybridized carbons (Fsp3) is 0.647. The summed E-state index contributed by atoms with van der Waals surface area (Å²) in [6.07, 6.45) is 1.70. The van der Waals surface area contributed by atoms with Crippen molar-refractivity contribution < 1.29 is 9.84 Å². The number of aliphatic hydroxyl groups is 1. The van der Waals surface area contributed by atoms with Gasteiger partial charge in [-0.3, -0.25) is 0 Å². The van der Waals surface area contributed by atoms with Gasteiger partial charge in [0.25, 0.3) is 0 Å². The Labute approximate surface area is 161 Å². The van der Waals surface area contributed by atoms with E-state index in [0.717, 1.165) is 62.8 Å². The van der Waals surface area contributed by atoms with Crippen LogP contribution in [0.5, 0.6) is 0 Å². The van der Waals surface area contributed by atoms with Crippen LogP contribution >= 0.6 is 36.4 Å². The lowest BCUT2D eigenvalue weighted by Gasteiger charge is -2.42. The van der Waals surface area contributed by atoms with Gasteiger partial charge in [0.05, 0.1) is 12.2 Å². The summed E-state index contributed by atoms with van der Waals surface area (Å²) < 4.78 is 5.59.